The second-order valence-corrected chi connectivity index (χ2v) is 15.0. The summed E-state index contributed by atoms with van der Waals surface area (Å²) in [6, 6.07) is 46.7. The van der Waals surface area contributed by atoms with Crippen LogP contribution in [0, 0.1) is 0 Å². The van der Waals surface area contributed by atoms with Crippen molar-refractivity contribution in [1.82, 2.24) is 8.56 Å². The van der Waals surface area contributed by atoms with E-state index in [0.29, 0.717) is 28.7 Å². The Balaban J connectivity index is 1.51. The van der Waals surface area contributed by atoms with Gasteiger partial charge in [-0.2, -0.15) is 0 Å². The fraction of sp³-hybridized carbons (Fsp3) is 0. The van der Waals surface area contributed by atoms with Crippen LogP contribution in [0.4, 0.5) is 0 Å². The van der Waals surface area contributed by atoms with E-state index < -0.39 is 24.6 Å². The molecule has 0 saturated heterocycles. The molecule has 1 aliphatic heterocycles. The molecule has 2 unspecified atom stereocenters. The van der Waals surface area contributed by atoms with Crippen LogP contribution < -0.4 is 22.9 Å². The lowest BCUT2D eigenvalue weighted by molar-refractivity contribution is 0.115. The number of rotatable bonds is 10. The van der Waals surface area contributed by atoms with E-state index in [1.54, 1.807) is 4.60 Å². The Morgan fingerprint density at radius 2 is 0.881 bits per heavy atom. The number of hydrogen-bond donors (Lipinski definition) is 0. The van der Waals surface area contributed by atoms with Gasteiger partial charge in [-0.1, -0.05) is 91.0 Å². The molecular weight excluding hydrogens is 611 g/mol. The molecule has 5 aromatic rings. The van der Waals surface area contributed by atoms with Crippen molar-refractivity contribution < 1.29 is 22.9 Å². The van der Waals surface area contributed by atoms with Gasteiger partial charge in [-0.25, -0.2) is 0 Å². The molecule has 1 heterocycles. The van der Waals surface area contributed by atoms with Crippen LogP contribution >= 0.6 is 36.3 Å². The van der Waals surface area contributed by atoms with E-state index in [0.717, 1.165) is 0 Å². The first-order chi connectivity index (χ1) is 20.7. The summed E-state index contributed by atoms with van der Waals surface area (Å²) in [5.74, 6) is 2.77. The van der Waals surface area contributed by atoms with Crippen LogP contribution in [0.2, 0.25) is 0 Å². The Morgan fingerprint density at radius 1 is 0.500 bits per heavy atom. The average molecular weight is 636 g/mol. The van der Waals surface area contributed by atoms with Gasteiger partial charge in [0.15, 0.2) is 0 Å². The van der Waals surface area contributed by atoms with Gasteiger partial charge in [0.05, 0.1) is 0 Å². The summed E-state index contributed by atoms with van der Waals surface area (Å²) in [5, 5.41) is 0. The molecule has 0 amide bonds. The quantitative estimate of drug-likeness (QED) is 0.112. The zero-order valence-corrected chi connectivity index (χ0v) is 25.5. The second-order valence-electron chi connectivity index (χ2n) is 8.60. The van der Waals surface area contributed by atoms with E-state index in [4.69, 9.17) is 39.2 Å². The van der Waals surface area contributed by atoms with Gasteiger partial charge >= 0.3 is 24.6 Å². The Hall–Kier alpha value is -3.60. The maximum Gasteiger partial charge on any atom is 0.427 e. The van der Waals surface area contributed by atoms with Crippen molar-refractivity contribution in [1.29, 1.82) is 0 Å². The first-order valence-corrected chi connectivity index (χ1v) is 17.1. The molecule has 0 radical (unpaired) electrons. The summed E-state index contributed by atoms with van der Waals surface area (Å²) in [7, 11) is -7.50. The number of halogens is 1. The van der Waals surface area contributed by atoms with E-state index in [1.165, 1.54) is 3.96 Å². The fourth-order valence-electron chi connectivity index (χ4n) is 3.67. The van der Waals surface area contributed by atoms with Crippen molar-refractivity contribution >= 4 is 36.3 Å². The molecule has 12 heteroatoms. The van der Waals surface area contributed by atoms with E-state index >= 15 is 0 Å². The van der Waals surface area contributed by atoms with Crippen LogP contribution in [0.5, 0.6) is 28.7 Å². The van der Waals surface area contributed by atoms with Gasteiger partial charge in [-0.3, -0.25) is 0 Å². The molecule has 8 nitrogen and oxygen atoms in total. The summed E-state index contributed by atoms with van der Waals surface area (Å²) in [5.41, 5.74) is 0. The molecule has 42 heavy (non-hydrogen) atoms. The van der Waals surface area contributed by atoms with Crippen LogP contribution in [0.3, 0.4) is 0 Å². The van der Waals surface area contributed by atoms with Crippen LogP contribution in [0.15, 0.2) is 156 Å². The minimum absolute atomic E-state index is 0.526. The molecule has 0 fully saturated rings. The number of benzene rings is 5. The van der Waals surface area contributed by atoms with Gasteiger partial charge in [0.25, 0.3) is 0 Å². The van der Waals surface area contributed by atoms with Crippen molar-refractivity contribution in [3.63, 3.8) is 0 Å². The molecule has 0 spiro atoms. The first-order valence-electron chi connectivity index (χ1n) is 12.9. The average Bonchev–Trinajstić information content (AvgIpc) is 3.04. The van der Waals surface area contributed by atoms with Crippen molar-refractivity contribution in [2.75, 3.05) is 0 Å². The summed E-state index contributed by atoms with van der Waals surface area (Å²) in [6.07, 6.45) is 0. The van der Waals surface area contributed by atoms with Crippen molar-refractivity contribution in [3.8, 4) is 28.7 Å². The highest BCUT2D eigenvalue weighted by Crippen LogP contribution is 2.78. The van der Waals surface area contributed by atoms with E-state index in [9.17, 15) is 0 Å². The normalized spacial score (nSPS) is 18.3. The number of para-hydroxylation sites is 5. The number of nitrogens with zero attached hydrogens (tertiary/aromatic N) is 3. The van der Waals surface area contributed by atoms with E-state index in [-0.39, 0.29) is 0 Å². The van der Waals surface area contributed by atoms with Crippen LogP contribution in [-0.4, -0.2) is 8.56 Å². The highest BCUT2D eigenvalue weighted by Gasteiger charge is 2.55. The van der Waals surface area contributed by atoms with E-state index in [2.05, 4.69) is 0 Å². The van der Waals surface area contributed by atoms with Gasteiger partial charge in [0, 0.05) is 4.60 Å². The minimum atomic E-state index is -3.54. The van der Waals surface area contributed by atoms with Crippen LogP contribution in [0.25, 0.3) is 0 Å². The molecule has 2 atom stereocenters. The molecule has 0 aromatic heterocycles. The Morgan fingerprint density at radius 3 is 1.33 bits per heavy atom. The first kappa shape index (κ1) is 28.5. The van der Waals surface area contributed by atoms with Crippen molar-refractivity contribution in [2.45, 2.75) is 0 Å². The predicted octanol–water partition coefficient (Wildman–Crippen LogP) is 10.5. The third-order valence-corrected chi connectivity index (χ3v) is 13.2. The van der Waals surface area contributed by atoms with Gasteiger partial charge in [0.1, 0.15) is 28.7 Å². The molecule has 1 aliphatic rings. The smallest absolute Gasteiger partial charge is 0.427 e. The monoisotopic (exact) mass is 635 g/mol. The van der Waals surface area contributed by atoms with Crippen molar-refractivity contribution in [2.24, 2.45) is 4.52 Å². The van der Waals surface area contributed by atoms with Gasteiger partial charge < -0.3 is 22.9 Å². The molecule has 5 aromatic carbocycles. The number of hydrogen-bond acceptors (Lipinski definition) is 8. The SMILES string of the molecule is ClN1P(Oc2ccccc2)N(Oc2ccccc2)P(Oc2ccccc2)N=P1(Oc1ccccc1)Oc1ccccc1. The van der Waals surface area contributed by atoms with Gasteiger partial charge in [-0.05, 0) is 76.4 Å². The largest absolute Gasteiger partial charge is 0.441 e. The van der Waals surface area contributed by atoms with Crippen LogP contribution in [-0.2, 0) is 0 Å². The lowest BCUT2D eigenvalue weighted by Gasteiger charge is -2.42. The van der Waals surface area contributed by atoms with Gasteiger partial charge in [0.2, 0.25) is 0 Å². The fourth-order valence-corrected chi connectivity index (χ4v) is 11.7. The summed E-state index contributed by atoms with van der Waals surface area (Å²) in [6.45, 7) is 0. The summed E-state index contributed by atoms with van der Waals surface area (Å²) in [4.78, 5) is 6.42. The minimum Gasteiger partial charge on any atom is -0.441 e. The molecule has 0 aliphatic carbocycles. The maximum absolute atomic E-state index is 7.26. The standard InChI is InChI=1S/C30H25ClN3O5P3/c31-33-41(37-28-20-10-3-11-21-28)34(35-26-16-6-1-7-17-26)40(36-27-18-8-2-9-19-27)32-42(33,38-29-22-12-4-13-23-29)39-30-24-14-5-15-25-30/h1-25H. The Labute approximate surface area is 252 Å². The third-order valence-electron chi connectivity index (χ3n) is 5.56. The molecule has 0 N–H and O–H groups in total. The predicted molar refractivity (Wildman–Crippen MR) is 168 cm³/mol. The summed E-state index contributed by atoms with van der Waals surface area (Å²) < 4.78 is 34.3. The lowest BCUT2D eigenvalue weighted by Crippen LogP contribution is -2.31. The zero-order valence-electron chi connectivity index (χ0n) is 22.0. The molecule has 212 valence electrons. The highest BCUT2D eigenvalue weighted by atomic mass is 35.5. The zero-order chi connectivity index (χ0) is 28.6. The summed E-state index contributed by atoms with van der Waals surface area (Å²) >= 11 is 7.26. The Kier molecular flexibility index (Phi) is 9.22. The third kappa shape index (κ3) is 6.88. The topological polar surface area (TPSA) is 65.0 Å². The van der Waals surface area contributed by atoms with Crippen molar-refractivity contribution in [3.05, 3.63) is 152 Å². The Bertz CT molecular complexity index is 1570. The molecular formula is C30H25ClN3O5P3. The van der Waals surface area contributed by atoms with Crippen LogP contribution in [0.1, 0.15) is 0 Å². The second kappa shape index (κ2) is 13.6. The molecule has 6 rings (SSSR count). The highest BCUT2D eigenvalue weighted by molar-refractivity contribution is 7.80. The molecule has 0 bridgehead atoms. The molecule has 0 saturated carbocycles. The maximum atomic E-state index is 7.26. The van der Waals surface area contributed by atoms with E-state index in [1.807, 2.05) is 152 Å². The van der Waals surface area contributed by atoms with Gasteiger partial charge in [-0.15, -0.1) is 4.52 Å². The lowest BCUT2D eigenvalue weighted by atomic mass is 10.3.